The second kappa shape index (κ2) is 5.57. The van der Waals surface area contributed by atoms with Gasteiger partial charge in [0.2, 0.25) is 0 Å². The zero-order valence-electron chi connectivity index (χ0n) is 15.5. The predicted octanol–water partition coefficient (Wildman–Crippen LogP) is 6.57. The molecule has 0 aliphatic rings. The zero-order chi connectivity index (χ0) is 16.7. The van der Waals surface area contributed by atoms with Gasteiger partial charge in [-0.2, -0.15) is 0 Å². The van der Waals surface area contributed by atoms with Gasteiger partial charge in [0.15, 0.2) is 0 Å². The van der Waals surface area contributed by atoms with Crippen LogP contribution >= 0.6 is 0 Å². The Morgan fingerprint density at radius 3 is 1.55 bits per heavy atom. The molecule has 0 atom stereocenters. The fourth-order valence-corrected chi connectivity index (χ4v) is 3.11. The summed E-state index contributed by atoms with van der Waals surface area (Å²) in [6.07, 6.45) is 0. The number of hydrogen-bond acceptors (Lipinski definition) is 0. The van der Waals surface area contributed by atoms with Gasteiger partial charge in [-0.1, -0.05) is 83.5 Å². The van der Waals surface area contributed by atoms with Crippen LogP contribution in [-0.4, -0.2) is 0 Å². The third-order valence-electron chi connectivity index (χ3n) is 4.31. The summed E-state index contributed by atoms with van der Waals surface area (Å²) < 4.78 is 0. The molecule has 22 heavy (non-hydrogen) atoms. The molecule has 2 aromatic carbocycles. The molecule has 0 saturated heterocycles. The molecule has 0 aromatic heterocycles. The Bertz CT molecular complexity index is 641. The van der Waals surface area contributed by atoms with Gasteiger partial charge in [-0.3, -0.25) is 0 Å². The number of rotatable bonds is 1. The minimum absolute atomic E-state index is 0.129. The van der Waals surface area contributed by atoms with Crippen LogP contribution in [0.2, 0.25) is 0 Å². The lowest BCUT2D eigenvalue weighted by atomic mass is 9.73. The summed E-state index contributed by atoms with van der Waals surface area (Å²) >= 11 is 0. The molecular weight excluding hydrogens is 264 g/mol. The molecule has 0 amide bonds. The minimum atomic E-state index is 0.129. The number of hydrogen-bond donors (Lipinski definition) is 0. The molecule has 0 N–H and O–H groups in total. The first kappa shape index (κ1) is 16.8. The van der Waals surface area contributed by atoms with Gasteiger partial charge >= 0.3 is 0 Å². The second-order valence-corrected chi connectivity index (χ2v) is 8.55. The molecule has 0 aliphatic heterocycles. The van der Waals surface area contributed by atoms with E-state index in [4.69, 9.17) is 0 Å². The topological polar surface area (TPSA) is 0 Å². The summed E-state index contributed by atoms with van der Waals surface area (Å²) in [5.41, 5.74) is 8.67. The molecule has 0 spiro atoms. The average molecular weight is 294 g/mol. The van der Waals surface area contributed by atoms with E-state index in [9.17, 15) is 0 Å². The van der Waals surface area contributed by atoms with E-state index in [0.717, 1.165) is 0 Å². The van der Waals surface area contributed by atoms with Crippen LogP contribution in [0.15, 0.2) is 36.4 Å². The van der Waals surface area contributed by atoms with Gasteiger partial charge in [-0.05, 0) is 52.5 Å². The summed E-state index contributed by atoms with van der Waals surface area (Å²) in [7, 11) is 0. The SMILES string of the molecule is Cc1cc(C(C)(C)C)c(-c2ccccc2C)c(C(C)(C)C)c1. The van der Waals surface area contributed by atoms with E-state index in [2.05, 4.69) is 91.8 Å². The smallest absolute Gasteiger partial charge is 0.0106 e. The summed E-state index contributed by atoms with van der Waals surface area (Å²) in [6, 6.07) is 13.5. The van der Waals surface area contributed by atoms with Crippen molar-refractivity contribution in [1.29, 1.82) is 0 Å². The Hall–Kier alpha value is -1.56. The Labute approximate surface area is 136 Å². The molecule has 0 radical (unpaired) electrons. The van der Waals surface area contributed by atoms with E-state index in [1.54, 1.807) is 0 Å². The van der Waals surface area contributed by atoms with Crippen LogP contribution in [0.5, 0.6) is 0 Å². The highest BCUT2D eigenvalue weighted by molar-refractivity contribution is 5.76. The van der Waals surface area contributed by atoms with Crippen LogP contribution in [0.3, 0.4) is 0 Å². The lowest BCUT2D eigenvalue weighted by Crippen LogP contribution is -2.20. The molecular formula is C22H30. The van der Waals surface area contributed by atoms with Gasteiger partial charge < -0.3 is 0 Å². The van der Waals surface area contributed by atoms with Crippen LogP contribution in [0, 0.1) is 13.8 Å². The van der Waals surface area contributed by atoms with Gasteiger partial charge in [0.1, 0.15) is 0 Å². The molecule has 118 valence electrons. The van der Waals surface area contributed by atoms with Crippen LogP contribution in [0.25, 0.3) is 11.1 Å². The van der Waals surface area contributed by atoms with E-state index in [1.165, 1.54) is 33.4 Å². The molecule has 0 aliphatic carbocycles. The Morgan fingerprint density at radius 2 is 1.14 bits per heavy atom. The van der Waals surface area contributed by atoms with Crippen LogP contribution in [0.1, 0.15) is 63.8 Å². The van der Waals surface area contributed by atoms with Crippen molar-refractivity contribution < 1.29 is 0 Å². The van der Waals surface area contributed by atoms with E-state index in [0.29, 0.717) is 0 Å². The third kappa shape index (κ3) is 3.27. The van der Waals surface area contributed by atoms with Crippen LogP contribution in [0.4, 0.5) is 0 Å². The normalized spacial score (nSPS) is 12.5. The van der Waals surface area contributed by atoms with Gasteiger partial charge in [0.05, 0.1) is 0 Å². The Morgan fingerprint density at radius 1 is 0.682 bits per heavy atom. The minimum Gasteiger partial charge on any atom is -0.0620 e. The van der Waals surface area contributed by atoms with Crippen molar-refractivity contribution in [3.05, 3.63) is 58.7 Å². The van der Waals surface area contributed by atoms with Crippen molar-refractivity contribution in [2.75, 3.05) is 0 Å². The highest BCUT2D eigenvalue weighted by atomic mass is 14.3. The molecule has 2 aromatic rings. The van der Waals surface area contributed by atoms with E-state index in [1.807, 2.05) is 0 Å². The second-order valence-electron chi connectivity index (χ2n) is 8.55. The van der Waals surface area contributed by atoms with E-state index < -0.39 is 0 Å². The molecule has 0 fully saturated rings. The zero-order valence-corrected chi connectivity index (χ0v) is 15.5. The maximum absolute atomic E-state index is 2.37. The monoisotopic (exact) mass is 294 g/mol. The summed E-state index contributed by atoms with van der Waals surface area (Å²) in [5.74, 6) is 0. The Kier molecular flexibility index (Phi) is 4.26. The van der Waals surface area contributed by atoms with Crippen molar-refractivity contribution in [3.63, 3.8) is 0 Å². The lowest BCUT2D eigenvalue weighted by molar-refractivity contribution is 0.571. The van der Waals surface area contributed by atoms with Gasteiger partial charge in [0.25, 0.3) is 0 Å². The first-order valence-corrected chi connectivity index (χ1v) is 8.23. The molecule has 2 rings (SSSR count). The van der Waals surface area contributed by atoms with Crippen LogP contribution in [-0.2, 0) is 10.8 Å². The lowest BCUT2D eigenvalue weighted by Gasteiger charge is -2.31. The number of benzene rings is 2. The molecule has 0 nitrogen and oxygen atoms in total. The molecule has 0 heterocycles. The average Bonchev–Trinajstić information content (AvgIpc) is 2.37. The molecule has 0 saturated carbocycles. The third-order valence-corrected chi connectivity index (χ3v) is 4.31. The fraction of sp³-hybridized carbons (Fsp3) is 0.455. The highest BCUT2D eigenvalue weighted by Crippen LogP contribution is 2.42. The highest BCUT2D eigenvalue weighted by Gasteiger charge is 2.27. The maximum Gasteiger partial charge on any atom is -0.0106 e. The summed E-state index contributed by atoms with van der Waals surface area (Å²) in [5, 5.41) is 0. The van der Waals surface area contributed by atoms with Crippen LogP contribution < -0.4 is 0 Å². The first-order valence-electron chi connectivity index (χ1n) is 8.23. The maximum atomic E-state index is 2.37. The molecule has 0 bridgehead atoms. The van der Waals surface area contributed by atoms with Crippen molar-refractivity contribution in [2.45, 2.75) is 66.2 Å². The molecule has 0 heteroatoms. The van der Waals surface area contributed by atoms with Gasteiger partial charge in [-0.15, -0.1) is 0 Å². The van der Waals surface area contributed by atoms with Crippen molar-refractivity contribution in [1.82, 2.24) is 0 Å². The van der Waals surface area contributed by atoms with E-state index in [-0.39, 0.29) is 10.8 Å². The standard InChI is InChI=1S/C22H30/c1-15-13-18(21(3,4)5)20(19(14-15)22(6,7)8)17-12-10-9-11-16(17)2/h9-14H,1-8H3. The van der Waals surface area contributed by atoms with Crippen molar-refractivity contribution in [3.8, 4) is 11.1 Å². The molecule has 0 unspecified atom stereocenters. The Balaban J connectivity index is 2.93. The van der Waals surface area contributed by atoms with Crippen molar-refractivity contribution >= 4 is 0 Å². The van der Waals surface area contributed by atoms with Gasteiger partial charge in [-0.25, -0.2) is 0 Å². The largest absolute Gasteiger partial charge is 0.0620 e. The summed E-state index contributed by atoms with van der Waals surface area (Å²) in [6.45, 7) is 18.3. The fourth-order valence-electron chi connectivity index (χ4n) is 3.11. The van der Waals surface area contributed by atoms with E-state index >= 15 is 0 Å². The number of aryl methyl sites for hydroxylation is 2. The summed E-state index contributed by atoms with van der Waals surface area (Å²) in [4.78, 5) is 0. The van der Waals surface area contributed by atoms with Crippen molar-refractivity contribution in [2.24, 2.45) is 0 Å². The van der Waals surface area contributed by atoms with Gasteiger partial charge in [0, 0.05) is 0 Å². The predicted molar refractivity (Wildman–Crippen MR) is 98.8 cm³/mol. The first-order chi connectivity index (χ1) is 10.0. The quantitative estimate of drug-likeness (QED) is 0.558.